The number of likely N-dealkylation sites (tertiary alicyclic amines) is 1. The molecule has 1 aliphatic heterocycles. The maximum absolute atomic E-state index is 13.9. The second kappa shape index (κ2) is 10.2. The molecule has 1 amide bonds. The first-order valence-electron chi connectivity index (χ1n) is 14.3. The number of aromatic hydroxyl groups is 1. The molecule has 1 saturated carbocycles. The normalized spacial score (nSPS) is 28.9. The van der Waals surface area contributed by atoms with Gasteiger partial charge in [-0.3, -0.25) is 19.3 Å². The van der Waals surface area contributed by atoms with Gasteiger partial charge in [0.2, 0.25) is 5.78 Å². The summed E-state index contributed by atoms with van der Waals surface area (Å²) in [6.07, 6.45) is 0.0418. The number of primary amides is 1. The number of hydrogen-bond donors (Lipinski definition) is 6. The lowest BCUT2D eigenvalue weighted by Gasteiger charge is -2.50. The van der Waals surface area contributed by atoms with Gasteiger partial charge in [-0.25, -0.2) is 0 Å². The number of aliphatic hydroxyl groups is 4. The number of ether oxygens (including phenoxy) is 1. The SMILES string of the molecule is COc1ccc(CN2CCCC2)cc1-c1ccc(O)c2c1[C@H](C)[C@@H]1C(=C2O)C(=O)[C@]2(O)C(O)=C(C(N)=O)C(=O)C[C@@H]2[C@H]1O. The third-order valence-corrected chi connectivity index (χ3v) is 9.64. The number of phenols is 1. The Balaban J connectivity index is 1.55. The summed E-state index contributed by atoms with van der Waals surface area (Å²) >= 11 is 0. The number of phenolic OH excluding ortho intramolecular Hbond substituents is 1. The summed E-state index contributed by atoms with van der Waals surface area (Å²) in [4.78, 5) is 41.0. The van der Waals surface area contributed by atoms with E-state index in [1.807, 2.05) is 18.2 Å². The number of nitrogens with two attached hydrogens (primary N) is 1. The summed E-state index contributed by atoms with van der Waals surface area (Å²) in [6, 6.07) is 8.89. The van der Waals surface area contributed by atoms with Gasteiger partial charge in [0.15, 0.2) is 11.4 Å². The van der Waals surface area contributed by atoms with Gasteiger partial charge in [-0.05, 0) is 66.7 Å². The molecule has 0 aromatic heterocycles. The molecule has 11 heteroatoms. The second-order valence-corrected chi connectivity index (χ2v) is 11.9. The van der Waals surface area contributed by atoms with Gasteiger partial charge < -0.3 is 36.0 Å². The number of carbonyl (C=O) groups excluding carboxylic acids is 3. The van der Waals surface area contributed by atoms with E-state index in [1.54, 1.807) is 13.0 Å². The zero-order valence-electron chi connectivity index (χ0n) is 23.8. The topological polar surface area (TPSA) is 191 Å². The molecule has 43 heavy (non-hydrogen) atoms. The zero-order chi connectivity index (χ0) is 31.0. The molecular formula is C32H34N2O9. The van der Waals surface area contributed by atoms with Gasteiger partial charge in [-0.15, -0.1) is 0 Å². The van der Waals surface area contributed by atoms with Crippen molar-refractivity contribution >= 4 is 23.2 Å². The number of carbonyl (C=O) groups is 3. The zero-order valence-corrected chi connectivity index (χ0v) is 23.8. The van der Waals surface area contributed by atoms with Crippen LogP contribution in [0.1, 0.15) is 48.8 Å². The fraction of sp³-hybridized carbons (Fsp3) is 0.406. The first kappa shape index (κ1) is 28.9. The molecule has 1 heterocycles. The van der Waals surface area contributed by atoms with Crippen molar-refractivity contribution in [2.24, 2.45) is 17.6 Å². The van der Waals surface area contributed by atoms with Gasteiger partial charge >= 0.3 is 0 Å². The Morgan fingerprint density at radius 3 is 2.44 bits per heavy atom. The summed E-state index contributed by atoms with van der Waals surface area (Å²) in [7, 11) is 1.54. The van der Waals surface area contributed by atoms with Gasteiger partial charge in [-0.1, -0.05) is 19.1 Å². The van der Waals surface area contributed by atoms with E-state index in [-0.39, 0.29) is 11.3 Å². The van der Waals surface area contributed by atoms with Crippen LogP contribution < -0.4 is 10.5 Å². The molecule has 0 spiro atoms. The van der Waals surface area contributed by atoms with Crippen molar-refractivity contribution in [3.63, 3.8) is 0 Å². The number of hydrogen-bond acceptors (Lipinski definition) is 10. The Labute approximate surface area is 247 Å². The average Bonchev–Trinajstić information content (AvgIpc) is 3.48. The van der Waals surface area contributed by atoms with Crippen LogP contribution in [0, 0.1) is 11.8 Å². The van der Waals surface area contributed by atoms with E-state index in [2.05, 4.69) is 4.90 Å². The molecule has 2 aromatic rings. The van der Waals surface area contributed by atoms with E-state index in [0.29, 0.717) is 22.4 Å². The number of nitrogens with zero attached hydrogens (tertiary/aromatic N) is 1. The highest BCUT2D eigenvalue weighted by Crippen LogP contribution is 2.57. The lowest BCUT2D eigenvalue weighted by atomic mass is 9.55. The van der Waals surface area contributed by atoms with Crippen molar-refractivity contribution in [2.45, 2.75) is 50.4 Å². The van der Waals surface area contributed by atoms with Gasteiger partial charge in [0.25, 0.3) is 5.91 Å². The monoisotopic (exact) mass is 590 g/mol. The Morgan fingerprint density at radius 2 is 1.79 bits per heavy atom. The van der Waals surface area contributed by atoms with Gasteiger partial charge in [0, 0.05) is 35.9 Å². The largest absolute Gasteiger partial charge is 0.508 e. The molecule has 2 aromatic carbocycles. The highest BCUT2D eigenvalue weighted by molar-refractivity contribution is 6.23. The van der Waals surface area contributed by atoms with E-state index in [0.717, 1.165) is 38.0 Å². The molecule has 2 fully saturated rings. The van der Waals surface area contributed by atoms with Crippen LogP contribution in [-0.4, -0.2) is 79.8 Å². The molecule has 1 saturated heterocycles. The van der Waals surface area contributed by atoms with Crippen LogP contribution in [-0.2, 0) is 20.9 Å². The van der Waals surface area contributed by atoms with E-state index >= 15 is 0 Å². The fourth-order valence-electron chi connectivity index (χ4n) is 7.58. The number of aliphatic hydroxyl groups excluding tert-OH is 3. The minimum Gasteiger partial charge on any atom is -0.508 e. The minimum absolute atomic E-state index is 0.0590. The molecule has 5 atom stereocenters. The number of amides is 1. The maximum atomic E-state index is 13.9. The third-order valence-electron chi connectivity index (χ3n) is 9.64. The number of benzene rings is 2. The number of ketones is 2. The van der Waals surface area contributed by atoms with Gasteiger partial charge in [-0.2, -0.15) is 0 Å². The molecule has 0 unspecified atom stereocenters. The van der Waals surface area contributed by atoms with Crippen LogP contribution in [0.3, 0.4) is 0 Å². The van der Waals surface area contributed by atoms with E-state index in [4.69, 9.17) is 10.5 Å². The summed E-state index contributed by atoms with van der Waals surface area (Å²) < 4.78 is 5.69. The molecule has 0 bridgehead atoms. The third kappa shape index (κ3) is 4.10. The van der Waals surface area contributed by atoms with Crippen molar-refractivity contribution in [2.75, 3.05) is 20.2 Å². The van der Waals surface area contributed by atoms with Crippen LogP contribution in [0.15, 0.2) is 47.2 Å². The van der Waals surface area contributed by atoms with Crippen LogP contribution >= 0.6 is 0 Å². The number of fused-ring (bicyclic) bond motifs is 3. The summed E-state index contributed by atoms with van der Waals surface area (Å²) in [5.41, 5.74) is 3.74. The molecule has 4 aliphatic rings. The molecule has 226 valence electrons. The molecule has 3 aliphatic carbocycles. The lowest BCUT2D eigenvalue weighted by Crippen LogP contribution is -2.63. The van der Waals surface area contributed by atoms with E-state index < -0.39 is 76.0 Å². The Kier molecular flexibility index (Phi) is 6.87. The van der Waals surface area contributed by atoms with E-state index in [9.17, 15) is 39.9 Å². The average molecular weight is 591 g/mol. The van der Waals surface area contributed by atoms with Crippen molar-refractivity contribution in [1.82, 2.24) is 4.90 Å². The number of Topliss-reactive ketones (excluding diaryl/α,β-unsaturated/α-hetero) is 2. The van der Waals surface area contributed by atoms with Crippen molar-refractivity contribution in [1.29, 1.82) is 0 Å². The van der Waals surface area contributed by atoms with Crippen LogP contribution in [0.5, 0.6) is 11.5 Å². The fourth-order valence-corrected chi connectivity index (χ4v) is 7.58. The highest BCUT2D eigenvalue weighted by atomic mass is 16.5. The number of methoxy groups -OCH3 is 1. The Bertz CT molecular complexity index is 1640. The first-order chi connectivity index (χ1) is 20.4. The molecule has 7 N–H and O–H groups in total. The molecule has 0 radical (unpaired) electrons. The van der Waals surface area contributed by atoms with Crippen molar-refractivity contribution in [3.8, 4) is 22.6 Å². The lowest BCUT2D eigenvalue weighted by molar-refractivity contribution is -0.160. The summed E-state index contributed by atoms with van der Waals surface area (Å²) in [6.45, 7) is 4.46. The second-order valence-electron chi connectivity index (χ2n) is 11.9. The van der Waals surface area contributed by atoms with Gasteiger partial charge in [0.05, 0.1) is 18.8 Å². The van der Waals surface area contributed by atoms with Crippen molar-refractivity contribution in [3.05, 3.63) is 63.9 Å². The Hall–Kier alpha value is -4.19. The smallest absolute Gasteiger partial charge is 0.255 e. The summed E-state index contributed by atoms with van der Waals surface area (Å²) in [5, 5.41) is 56.6. The molecule has 6 rings (SSSR count). The highest BCUT2D eigenvalue weighted by Gasteiger charge is 2.65. The van der Waals surface area contributed by atoms with Gasteiger partial charge in [0.1, 0.15) is 28.6 Å². The molecular weight excluding hydrogens is 556 g/mol. The standard InChI is InChI=1S/C32H34N2O9/c1-14-22-16(17-11-15(5-8-21(17)43-2)13-34-9-3-4-10-34)6-7-19(35)24(22)28(38)26-23(14)27(37)18-12-20(36)25(31(33)41)29(39)32(18,42)30(26)40/h5-8,11,14,18,23,27,35,37-39,42H,3-4,9-10,12-13H2,1-2H3,(H2,33,41)/t14-,18+,23+,27+,32+/m0/s1. The Morgan fingerprint density at radius 1 is 1.09 bits per heavy atom. The quantitative estimate of drug-likeness (QED) is 0.282. The molecule has 11 nitrogen and oxygen atoms in total. The maximum Gasteiger partial charge on any atom is 0.255 e. The van der Waals surface area contributed by atoms with Crippen LogP contribution in [0.2, 0.25) is 0 Å². The predicted molar refractivity (Wildman–Crippen MR) is 154 cm³/mol. The van der Waals surface area contributed by atoms with Crippen LogP contribution in [0.4, 0.5) is 0 Å². The van der Waals surface area contributed by atoms with Crippen LogP contribution in [0.25, 0.3) is 16.9 Å². The van der Waals surface area contributed by atoms with Crippen molar-refractivity contribution < 1.29 is 44.7 Å². The van der Waals surface area contributed by atoms with E-state index in [1.165, 1.54) is 13.2 Å². The minimum atomic E-state index is -2.88. The predicted octanol–water partition coefficient (Wildman–Crippen LogP) is 2.23. The first-order valence-corrected chi connectivity index (χ1v) is 14.3. The number of rotatable bonds is 5. The summed E-state index contributed by atoms with van der Waals surface area (Å²) in [5.74, 6) is -8.51.